The lowest BCUT2D eigenvalue weighted by Crippen LogP contribution is -2.45. The third kappa shape index (κ3) is 1.99. The van der Waals surface area contributed by atoms with Gasteiger partial charge in [0.15, 0.2) is 0 Å². The molecule has 0 saturated heterocycles. The van der Waals surface area contributed by atoms with Crippen molar-refractivity contribution in [2.45, 2.75) is 11.7 Å². The van der Waals surface area contributed by atoms with Gasteiger partial charge in [-0.3, -0.25) is 20.2 Å². The van der Waals surface area contributed by atoms with E-state index in [4.69, 9.17) is 5.11 Å². The van der Waals surface area contributed by atoms with Gasteiger partial charge >= 0.3 is 0 Å². The first kappa shape index (κ1) is 11.2. The number of hydrogen-bond donors (Lipinski definition) is 1. The van der Waals surface area contributed by atoms with Gasteiger partial charge in [0, 0.05) is 11.0 Å². The summed E-state index contributed by atoms with van der Waals surface area (Å²) in [5.74, 6) is 0. The molecule has 1 aliphatic carbocycles. The van der Waals surface area contributed by atoms with Gasteiger partial charge in [-0.25, -0.2) is 4.39 Å². The molecule has 0 aromatic rings. The number of alkyl halides is 1. The molecule has 7 nitrogen and oxygen atoms in total. The van der Waals surface area contributed by atoms with Crippen molar-refractivity contribution in [2.75, 3.05) is 6.61 Å². The van der Waals surface area contributed by atoms with E-state index in [9.17, 15) is 24.6 Å². The fourth-order valence-corrected chi connectivity index (χ4v) is 1.18. The molecule has 0 aromatic heterocycles. The van der Waals surface area contributed by atoms with Gasteiger partial charge in [0.25, 0.3) is 11.7 Å². The van der Waals surface area contributed by atoms with Gasteiger partial charge in [-0.15, -0.1) is 0 Å². The molecule has 1 N–H and O–H groups in total. The maximum absolute atomic E-state index is 13.6. The predicted octanol–water partition coefficient (Wildman–Crippen LogP) is 0.0627. The van der Waals surface area contributed by atoms with Crippen molar-refractivity contribution in [3.05, 3.63) is 44.2 Å². The maximum Gasteiger partial charge on any atom is 0.277 e. The van der Waals surface area contributed by atoms with E-state index < -0.39 is 33.9 Å². The highest BCUT2D eigenvalue weighted by molar-refractivity contribution is 5.27. The third-order valence-corrected chi connectivity index (χ3v) is 2.03. The highest BCUT2D eigenvalue weighted by Crippen LogP contribution is 2.27. The van der Waals surface area contributed by atoms with Crippen molar-refractivity contribution in [2.24, 2.45) is 0 Å². The highest BCUT2D eigenvalue weighted by Gasteiger charge is 2.47. The maximum atomic E-state index is 13.6. The van der Waals surface area contributed by atoms with Crippen LogP contribution in [0.2, 0.25) is 0 Å². The number of nitro groups is 2. The van der Waals surface area contributed by atoms with Crippen LogP contribution in [0.25, 0.3) is 0 Å². The molecule has 8 heteroatoms. The van der Waals surface area contributed by atoms with Crippen LogP contribution in [-0.4, -0.2) is 33.3 Å². The molecule has 0 radical (unpaired) electrons. The van der Waals surface area contributed by atoms with Gasteiger partial charge in [0.1, 0.15) is 0 Å². The smallest absolute Gasteiger partial charge is 0.277 e. The second kappa shape index (κ2) is 3.73. The summed E-state index contributed by atoms with van der Waals surface area (Å²) in [5.41, 5.74) is -3.14. The molecule has 0 aromatic carbocycles. The number of halogens is 1. The average molecular weight is 218 g/mol. The molecule has 0 aliphatic heterocycles. The quantitative estimate of drug-likeness (QED) is 0.532. The molecule has 0 bridgehead atoms. The number of allylic oxidation sites excluding steroid dienone is 1. The summed E-state index contributed by atoms with van der Waals surface area (Å²) < 4.78 is 13.6. The van der Waals surface area contributed by atoms with E-state index in [-0.39, 0.29) is 0 Å². The number of nitrogens with zero attached hydrogens (tertiary/aromatic N) is 2. The topological polar surface area (TPSA) is 107 Å². The lowest BCUT2D eigenvalue weighted by molar-refractivity contribution is -0.528. The molecule has 15 heavy (non-hydrogen) atoms. The van der Waals surface area contributed by atoms with E-state index in [1.54, 1.807) is 0 Å². The first-order valence-corrected chi connectivity index (χ1v) is 3.89. The van der Waals surface area contributed by atoms with Gasteiger partial charge in [-0.2, -0.15) is 0 Å². The largest absolute Gasteiger partial charge is 0.392 e. The Balaban J connectivity index is 3.10. The fourth-order valence-electron chi connectivity index (χ4n) is 1.18. The molecular formula is C7H7FN2O5. The van der Waals surface area contributed by atoms with Crippen LogP contribution >= 0.6 is 0 Å². The molecule has 1 rings (SSSR count). The lowest BCUT2D eigenvalue weighted by Gasteiger charge is -2.22. The van der Waals surface area contributed by atoms with Crippen LogP contribution in [0.3, 0.4) is 0 Å². The summed E-state index contributed by atoms with van der Waals surface area (Å²) in [6.07, 6.45) is 2.02. The molecule has 82 valence electrons. The Labute approximate surface area is 82.8 Å². The molecule has 0 heterocycles. The van der Waals surface area contributed by atoms with Crippen LogP contribution in [-0.2, 0) is 0 Å². The van der Waals surface area contributed by atoms with Crippen LogP contribution in [0.5, 0.6) is 0 Å². The molecule has 0 fully saturated rings. The summed E-state index contributed by atoms with van der Waals surface area (Å²) >= 11 is 0. The minimum Gasteiger partial charge on any atom is -0.392 e. The number of aliphatic hydroxyl groups is 1. The normalized spacial score (nSPS) is 29.7. The van der Waals surface area contributed by atoms with Gasteiger partial charge in [0.2, 0.25) is 5.67 Å². The third-order valence-electron chi connectivity index (χ3n) is 2.03. The summed E-state index contributed by atoms with van der Waals surface area (Å²) in [6.45, 7) is -1.10. The second-order valence-corrected chi connectivity index (χ2v) is 3.00. The average Bonchev–Trinajstić information content (AvgIpc) is 2.17. The summed E-state index contributed by atoms with van der Waals surface area (Å²) in [6, 6.07) is -1.94. The first-order valence-electron chi connectivity index (χ1n) is 3.89. The monoisotopic (exact) mass is 218 g/mol. The van der Waals surface area contributed by atoms with Gasteiger partial charge in [-0.05, 0) is 6.08 Å². The molecule has 2 unspecified atom stereocenters. The number of rotatable bonds is 3. The van der Waals surface area contributed by atoms with Crippen LogP contribution in [0.1, 0.15) is 0 Å². The van der Waals surface area contributed by atoms with Crippen LogP contribution < -0.4 is 0 Å². The second-order valence-electron chi connectivity index (χ2n) is 3.00. The predicted molar refractivity (Wildman–Crippen MR) is 45.9 cm³/mol. The van der Waals surface area contributed by atoms with E-state index >= 15 is 0 Å². The Morgan fingerprint density at radius 1 is 1.53 bits per heavy atom. The zero-order valence-electron chi connectivity index (χ0n) is 7.37. The van der Waals surface area contributed by atoms with Crippen molar-refractivity contribution in [3.63, 3.8) is 0 Å². The minimum absolute atomic E-state index is 0.557. The van der Waals surface area contributed by atoms with Crippen molar-refractivity contribution < 1.29 is 19.3 Å². The molecular weight excluding hydrogens is 211 g/mol. The van der Waals surface area contributed by atoms with E-state index in [2.05, 4.69) is 0 Å². The Morgan fingerprint density at radius 2 is 2.13 bits per heavy atom. The minimum atomic E-state index is -2.58. The van der Waals surface area contributed by atoms with Crippen molar-refractivity contribution >= 4 is 0 Å². The van der Waals surface area contributed by atoms with Gasteiger partial charge < -0.3 is 5.11 Å². The van der Waals surface area contributed by atoms with Crippen LogP contribution in [0.15, 0.2) is 23.9 Å². The van der Waals surface area contributed by atoms with Gasteiger partial charge in [0.05, 0.1) is 17.6 Å². The van der Waals surface area contributed by atoms with E-state index in [1.807, 2.05) is 0 Å². The standard InChI is InChI=1S/C7H7FN2O5/c8-7(4-11)2-1-5(9(12)13)3-6(7)10(14)15/h1-3,6,11H,4H2. The summed E-state index contributed by atoms with van der Waals surface area (Å²) in [4.78, 5) is 18.9. The molecule has 0 saturated carbocycles. The molecule has 1 aliphatic rings. The lowest BCUT2D eigenvalue weighted by atomic mass is 9.92. The number of hydrogen-bond acceptors (Lipinski definition) is 5. The SMILES string of the molecule is O=[N+]([O-])C1=CC([N+](=O)[O-])C(F)(CO)C=C1. The number of aliphatic hydroxyl groups excluding tert-OH is 1. The summed E-state index contributed by atoms with van der Waals surface area (Å²) in [5, 5.41) is 29.4. The fraction of sp³-hybridized carbons (Fsp3) is 0.429. The Hall–Kier alpha value is -1.83. The Morgan fingerprint density at radius 3 is 2.53 bits per heavy atom. The highest BCUT2D eigenvalue weighted by atomic mass is 19.1. The van der Waals surface area contributed by atoms with Crippen molar-refractivity contribution in [1.82, 2.24) is 0 Å². The molecule has 0 amide bonds. The Bertz CT molecular complexity index is 366. The van der Waals surface area contributed by atoms with Crippen molar-refractivity contribution in [1.29, 1.82) is 0 Å². The zero-order valence-corrected chi connectivity index (χ0v) is 7.37. The molecule has 2 atom stereocenters. The van der Waals surface area contributed by atoms with E-state index in [0.29, 0.717) is 12.2 Å². The molecule has 0 spiro atoms. The van der Waals surface area contributed by atoms with E-state index in [0.717, 1.165) is 6.08 Å². The first-order chi connectivity index (χ1) is 6.90. The summed E-state index contributed by atoms with van der Waals surface area (Å²) in [7, 11) is 0. The Kier molecular flexibility index (Phi) is 2.80. The van der Waals surface area contributed by atoms with Crippen LogP contribution in [0, 0.1) is 20.2 Å². The van der Waals surface area contributed by atoms with Crippen LogP contribution in [0.4, 0.5) is 4.39 Å². The van der Waals surface area contributed by atoms with E-state index in [1.165, 1.54) is 0 Å². The zero-order chi connectivity index (χ0) is 11.6. The van der Waals surface area contributed by atoms with Gasteiger partial charge in [-0.1, -0.05) is 0 Å². The van der Waals surface area contributed by atoms with Crippen molar-refractivity contribution in [3.8, 4) is 0 Å².